The first-order valence-electron chi connectivity index (χ1n) is 40.1. The third kappa shape index (κ3) is 75.2. The number of rotatable bonds is 74. The van der Waals surface area contributed by atoms with Gasteiger partial charge in [-0.1, -0.05) is 289 Å². The second-order valence-electron chi connectivity index (χ2n) is 26.3. The van der Waals surface area contributed by atoms with Crippen LogP contribution in [0.5, 0.6) is 0 Å². The average Bonchev–Trinajstić information content (AvgIpc) is 0.910. The highest BCUT2D eigenvalue weighted by Gasteiger charge is 2.30. The summed E-state index contributed by atoms with van der Waals surface area (Å²) in [4.78, 5) is 72.9. The molecule has 0 bridgehead atoms. The van der Waals surface area contributed by atoms with Crippen molar-refractivity contribution in [3.05, 3.63) is 146 Å². The number of allylic oxidation sites excluding steroid dienone is 24. The molecule has 0 rings (SSSR count). The number of carbonyl (C=O) groups is 4. The number of ether oxygens (including phenoxy) is 4. The third-order valence-electron chi connectivity index (χ3n) is 16.3. The van der Waals surface area contributed by atoms with E-state index >= 15 is 0 Å². The number of esters is 4. The fraction of sp³-hybridized carbons (Fsp3) is 0.671. The maximum Gasteiger partial charge on any atom is 0.472 e. The molecule has 594 valence electrons. The Kier molecular flexibility index (Phi) is 72.4. The van der Waals surface area contributed by atoms with Crippen LogP contribution in [0.1, 0.15) is 310 Å². The Balaban J connectivity index is 5.51. The number of aliphatic hydroxyl groups excluding tert-OH is 1. The molecule has 0 aliphatic carbocycles. The van der Waals surface area contributed by atoms with Gasteiger partial charge >= 0.3 is 39.5 Å². The molecule has 2 unspecified atom stereocenters. The predicted molar refractivity (Wildman–Crippen MR) is 427 cm³/mol. The van der Waals surface area contributed by atoms with Crippen molar-refractivity contribution in [3.8, 4) is 0 Å². The Morgan fingerprint density at radius 3 is 0.760 bits per heavy atom. The van der Waals surface area contributed by atoms with Crippen LogP contribution in [0.4, 0.5) is 0 Å². The molecule has 17 nitrogen and oxygen atoms in total. The zero-order valence-corrected chi connectivity index (χ0v) is 66.7. The van der Waals surface area contributed by atoms with Gasteiger partial charge in [-0.3, -0.25) is 37.3 Å². The molecule has 19 heteroatoms. The van der Waals surface area contributed by atoms with E-state index in [-0.39, 0.29) is 25.7 Å². The van der Waals surface area contributed by atoms with Crippen LogP contribution < -0.4 is 0 Å². The molecule has 0 amide bonds. The zero-order chi connectivity index (χ0) is 76.0. The van der Waals surface area contributed by atoms with Gasteiger partial charge in [-0.05, 0) is 141 Å². The molecule has 0 radical (unpaired) electrons. The summed E-state index contributed by atoms with van der Waals surface area (Å²) in [5.74, 6) is -2.37. The van der Waals surface area contributed by atoms with Crippen molar-refractivity contribution in [2.45, 2.75) is 329 Å². The highest BCUT2D eigenvalue weighted by Crippen LogP contribution is 2.45. The summed E-state index contributed by atoms with van der Waals surface area (Å²) < 4.78 is 68.4. The monoisotopic (exact) mass is 1500 g/mol. The number of unbranched alkanes of at least 4 members (excludes halogenated alkanes) is 24. The summed E-state index contributed by atoms with van der Waals surface area (Å²) in [6.45, 7) is 4.60. The topological polar surface area (TPSA) is 237 Å². The first-order valence-corrected chi connectivity index (χ1v) is 43.1. The molecule has 0 saturated carbocycles. The van der Waals surface area contributed by atoms with Crippen molar-refractivity contribution in [3.63, 3.8) is 0 Å². The molecule has 0 aromatic rings. The summed E-state index contributed by atoms with van der Waals surface area (Å²) in [6, 6.07) is 0. The van der Waals surface area contributed by atoms with E-state index in [0.717, 1.165) is 103 Å². The fourth-order valence-corrected chi connectivity index (χ4v) is 11.7. The molecule has 0 saturated heterocycles. The summed E-state index contributed by atoms with van der Waals surface area (Å²) in [7, 11) is -10.0. The summed E-state index contributed by atoms with van der Waals surface area (Å²) in [5, 5.41) is 10.6. The quantitative estimate of drug-likeness (QED) is 0.0169. The first-order chi connectivity index (χ1) is 50.7. The van der Waals surface area contributed by atoms with Crippen molar-refractivity contribution in [1.29, 1.82) is 0 Å². The van der Waals surface area contributed by atoms with Gasteiger partial charge in [-0.25, -0.2) is 9.13 Å². The Hall–Kier alpha value is -5.06. The maximum absolute atomic E-state index is 13.1. The van der Waals surface area contributed by atoms with Crippen LogP contribution in [0.3, 0.4) is 0 Å². The lowest BCUT2D eigenvalue weighted by atomic mass is 10.0. The summed E-state index contributed by atoms with van der Waals surface area (Å²) >= 11 is 0. The molecule has 3 N–H and O–H groups in total. The molecule has 104 heavy (non-hydrogen) atoms. The van der Waals surface area contributed by atoms with Crippen LogP contribution in [0.25, 0.3) is 0 Å². The molecular weight excluding hydrogens is 1350 g/mol. The van der Waals surface area contributed by atoms with E-state index < -0.39 is 97.5 Å². The van der Waals surface area contributed by atoms with E-state index in [2.05, 4.69) is 137 Å². The minimum Gasteiger partial charge on any atom is -0.462 e. The minimum atomic E-state index is -5.01. The van der Waals surface area contributed by atoms with Crippen LogP contribution >= 0.6 is 15.6 Å². The fourth-order valence-electron chi connectivity index (χ4n) is 10.1. The van der Waals surface area contributed by atoms with Crippen molar-refractivity contribution in [2.75, 3.05) is 39.6 Å². The molecule has 0 spiro atoms. The van der Waals surface area contributed by atoms with Crippen molar-refractivity contribution in [1.82, 2.24) is 0 Å². The Bertz CT molecular complexity index is 2540. The average molecular weight is 1500 g/mol. The highest BCUT2D eigenvalue weighted by atomic mass is 31.2. The SMILES string of the molecule is CCCCC/C=C\C/C=C\C/C=C\C/C=C\CCCC(=O)OC[C@H](COP(=O)(O)OC[C@@H](O)COP(=O)(O)OC[C@@H](COC(=O)CCC/C=C\C/C=C\C/C=C\C/C=C\CCCCC)OC(=O)CCCCCCCCCCCCCCC)OC(=O)CCC/C=C\C/C=C\C/C=C\C/C=C\CCCCC. The van der Waals surface area contributed by atoms with Gasteiger partial charge in [-0.15, -0.1) is 0 Å². The lowest BCUT2D eigenvalue weighted by Crippen LogP contribution is -2.30. The van der Waals surface area contributed by atoms with Gasteiger partial charge in [0, 0.05) is 25.7 Å². The first kappa shape index (κ1) is 98.9. The normalized spacial score (nSPS) is 14.6. The van der Waals surface area contributed by atoms with Gasteiger partial charge in [0.05, 0.1) is 26.4 Å². The predicted octanol–water partition coefficient (Wildman–Crippen LogP) is 23.4. The zero-order valence-electron chi connectivity index (χ0n) is 64.9. The van der Waals surface area contributed by atoms with Crippen LogP contribution in [-0.4, -0.2) is 96.7 Å². The van der Waals surface area contributed by atoms with Gasteiger partial charge in [0.15, 0.2) is 12.2 Å². The molecule has 0 aromatic carbocycles. The van der Waals surface area contributed by atoms with Crippen LogP contribution in [0.15, 0.2) is 146 Å². The van der Waals surface area contributed by atoms with Gasteiger partial charge in [0.1, 0.15) is 19.3 Å². The van der Waals surface area contributed by atoms with Crippen LogP contribution in [0.2, 0.25) is 0 Å². The van der Waals surface area contributed by atoms with Crippen LogP contribution in [0, 0.1) is 0 Å². The van der Waals surface area contributed by atoms with Crippen molar-refractivity contribution >= 4 is 39.5 Å². The van der Waals surface area contributed by atoms with E-state index in [4.69, 9.17) is 37.0 Å². The molecule has 0 heterocycles. The number of phosphoric ester groups is 2. The van der Waals surface area contributed by atoms with Gasteiger partial charge < -0.3 is 33.8 Å². The number of hydrogen-bond donors (Lipinski definition) is 3. The number of hydrogen-bond acceptors (Lipinski definition) is 15. The Morgan fingerprint density at radius 1 is 0.269 bits per heavy atom. The van der Waals surface area contributed by atoms with E-state index in [9.17, 15) is 43.2 Å². The molecule has 0 aromatic heterocycles. The molecule has 0 aliphatic heterocycles. The maximum atomic E-state index is 13.1. The molecule has 0 aliphatic rings. The second kappa shape index (κ2) is 76.1. The van der Waals surface area contributed by atoms with E-state index in [1.54, 1.807) is 0 Å². The van der Waals surface area contributed by atoms with Gasteiger partial charge in [0.25, 0.3) is 0 Å². The lowest BCUT2D eigenvalue weighted by Gasteiger charge is -2.21. The molecular formula is C85H142O17P2. The summed E-state index contributed by atoms with van der Waals surface area (Å²) in [5.41, 5.74) is 0. The van der Waals surface area contributed by atoms with Crippen molar-refractivity contribution in [2.24, 2.45) is 0 Å². The number of phosphoric acid groups is 2. The summed E-state index contributed by atoms with van der Waals surface area (Å²) in [6.07, 6.45) is 87.1. The Labute approximate surface area is 630 Å². The van der Waals surface area contributed by atoms with Crippen molar-refractivity contribution < 1.29 is 80.2 Å². The Morgan fingerprint density at radius 2 is 0.481 bits per heavy atom. The lowest BCUT2D eigenvalue weighted by molar-refractivity contribution is -0.161. The van der Waals surface area contributed by atoms with Crippen LogP contribution in [-0.2, 0) is 65.4 Å². The largest absolute Gasteiger partial charge is 0.472 e. The smallest absolute Gasteiger partial charge is 0.462 e. The second-order valence-corrected chi connectivity index (χ2v) is 29.2. The number of carbonyl (C=O) groups excluding carboxylic acids is 4. The molecule has 5 atom stereocenters. The number of aliphatic hydroxyl groups is 1. The minimum absolute atomic E-state index is 0.00250. The molecule has 0 fully saturated rings. The van der Waals surface area contributed by atoms with E-state index in [0.29, 0.717) is 44.9 Å². The third-order valence-corrected chi connectivity index (χ3v) is 18.2. The standard InChI is InChI=1S/C85H142O17P2/c1-5-9-13-17-21-25-29-33-36-39-42-46-49-53-57-61-65-69-82(87)95-75-80(101-84(89)71-67-63-59-55-51-45-32-28-24-20-16-12-8-4)77-99-103(91,92)97-73-79(86)74-98-104(93,94)100-78-81(102-85(90)72-68-64-60-56-52-48-44-41-38-35-31-27-23-19-15-11-7-3)76-96-83(88)70-66-62-58-54-50-47-43-40-37-34-30-26-22-18-14-10-6-2/h21-23,25-27,33-38,42-44,46-48,53-54,56-58,60,79-81,86H,5-20,24,28-32,39-41,45,49-52,55,59,61-78H2,1-4H3,(H,91,92)(H,93,94)/b25-21-,26-22-,27-23-,36-33-,37-34-,38-35-,46-42-,47-43-,48-44-,57-53-,58-54-,60-56-/t79-,80+,81+/m0/s1. The highest BCUT2D eigenvalue weighted by molar-refractivity contribution is 7.47. The van der Waals surface area contributed by atoms with E-state index in [1.165, 1.54) is 109 Å². The van der Waals surface area contributed by atoms with E-state index in [1.807, 2.05) is 36.5 Å². The van der Waals surface area contributed by atoms with Gasteiger partial charge in [0.2, 0.25) is 0 Å². The van der Waals surface area contributed by atoms with Gasteiger partial charge in [-0.2, -0.15) is 0 Å².